The summed E-state index contributed by atoms with van der Waals surface area (Å²) in [5, 5.41) is 3.30. The van der Waals surface area contributed by atoms with Gasteiger partial charge in [0.05, 0.1) is 0 Å². The quantitative estimate of drug-likeness (QED) is 0.884. The lowest BCUT2D eigenvalue weighted by atomic mass is 10.0. The molecule has 1 aliphatic rings. The van der Waals surface area contributed by atoms with Crippen LogP contribution in [0.3, 0.4) is 0 Å². The molecule has 0 amide bonds. The zero-order chi connectivity index (χ0) is 14.8. The topological polar surface area (TPSA) is 12.0 Å². The molecule has 1 nitrogen and oxygen atoms in total. The van der Waals surface area contributed by atoms with Crippen LogP contribution >= 0.6 is 0 Å². The van der Waals surface area contributed by atoms with Gasteiger partial charge in [-0.1, -0.05) is 24.3 Å². The summed E-state index contributed by atoms with van der Waals surface area (Å²) in [7, 11) is 0. The Labute approximate surface area is 124 Å². The Morgan fingerprint density at radius 2 is 1.86 bits per heavy atom. The number of aryl methyl sites for hydroxylation is 2. The van der Waals surface area contributed by atoms with Crippen molar-refractivity contribution >= 4 is 0 Å². The molecule has 21 heavy (non-hydrogen) atoms. The van der Waals surface area contributed by atoms with E-state index in [0.717, 1.165) is 12.5 Å². The van der Waals surface area contributed by atoms with Gasteiger partial charge < -0.3 is 5.32 Å². The van der Waals surface area contributed by atoms with Gasteiger partial charge in [-0.25, -0.2) is 8.78 Å². The maximum atomic E-state index is 13.6. The number of rotatable bonds is 4. The van der Waals surface area contributed by atoms with E-state index < -0.39 is 11.6 Å². The minimum absolute atomic E-state index is 0.139. The molecule has 1 atom stereocenters. The predicted molar refractivity (Wildman–Crippen MR) is 80.1 cm³/mol. The Balaban J connectivity index is 1.67. The van der Waals surface area contributed by atoms with Crippen molar-refractivity contribution in [3.8, 4) is 0 Å². The fourth-order valence-electron chi connectivity index (χ4n) is 2.91. The minimum Gasteiger partial charge on any atom is -0.306 e. The lowest BCUT2D eigenvalue weighted by Crippen LogP contribution is -2.19. The molecule has 1 unspecified atom stereocenters. The minimum atomic E-state index is -0.539. The summed E-state index contributed by atoms with van der Waals surface area (Å²) in [5.74, 6) is -1.04. The van der Waals surface area contributed by atoms with E-state index in [2.05, 4.69) is 30.4 Å². The van der Waals surface area contributed by atoms with Crippen molar-refractivity contribution in [3.63, 3.8) is 0 Å². The van der Waals surface area contributed by atoms with Gasteiger partial charge in [-0.15, -0.1) is 0 Å². The van der Waals surface area contributed by atoms with Crippen molar-refractivity contribution < 1.29 is 8.78 Å². The van der Waals surface area contributed by atoms with Crippen LogP contribution in [0.25, 0.3) is 0 Å². The van der Waals surface area contributed by atoms with Gasteiger partial charge in [-0.3, -0.25) is 0 Å². The zero-order valence-electron chi connectivity index (χ0n) is 12.1. The Kier molecular flexibility index (Phi) is 4.02. The van der Waals surface area contributed by atoms with E-state index in [-0.39, 0.29) is 6.04 Å². The van der Waals surface area contributed by atoms with Crippen LogP contribution in [0.4, 0.5) is 8.78 Å². The largest absolute Gasteiger partial charge is 0.306 e. The Morgan fingerprint density at radius 3 is 2.67 bits per heavy atom. The van der Waals surface area contributed by atoms with E-state index in [0.29, 0.717) is 12.1 Å². The number of benzene rings is 2. The molecule has 2 aromatic rings. The molecule has 3 heteroatoms. The van der Waals surface area contributed by atoms with Crippen molar-refractivity contribution in [2.24, 2.45) is 0 Å². The summed E-state index contributed by atoms with van der Waals surface area (Å²) >= 11 is 0. The van der Waals surface area contributed by atoms with E-state index in [9.17, 15) is 8.78 Å². The number of fused-ring (bicyclic) bond motifs is 1. The normalized spacial score (nSPS) is 15.0. The molecule has 1 N–H and O–H groups in total. The molecular weight excluding hydrogens is 268 g/mol. The maximum absolute atomic E-state index is 13.6. The van der Waals surface area contributed by atoms with Gasteiger partial charge in [0, 0.05) is 24.2 Å². The third kappa shape index (κ3) is 3.13. The molecule has 110 valence electrons. The Morgan fingerprint density at radius 1 is 1.05 bits per heavy atom. The first kappa shape index (κ1) is 14.2. The number of hydrogen-bond donors (Lipinski definition) is 1. The molecule has 1 aliphatic carbocycles. The molecule has 0 aliphatic heterocycles. The summed E-state index contributed by atoms with van der Waals surface area (Å²) < 4.78 is 26.5. The molecule has 0 fully saturated rings. The third-order valence-corrected chi connectivity index (χ3v) is 4.24. The fourth-order valence-corrected chi connectivity index (χ4v) is 2.91. The van der Waals surface area contributed by atoms with Crippen molar-refractivity contribution in [1.82, 2.24) is 5.32 Å². The molecule has 0 heterocycles. The molecule has 0 bridgehead atoms. The average Bonchev–Trinajstić information content (AvgIpc) is 2.93. The first-order valence-corrected chi connectivity index (χ1v) is 7.42. The summed E-state index contributed by atoms with van der Waals surface area (Å²) in [6, 6.07) is 10.4. The van der Waals surface area contributed by atoms with Crippen LogP contribution in [0.1, 0.15) is 41.6 Å². The first-order valence-electron chi connectivity index (χ1n) is 7.42. The van der Waals surface area contributed by atoms with E-state index in [4.69, 9.17) is 0 Å². The number of nitrogens with one attached hydrogen (secondary N) is 1. The van der Waals surface area contributed by atoms with Crippen LogP contribution in [-0.4, -0.2) is 0 Å². The average molecular weight is 287 g/mol. The standard InChI is InChI=1S/C18H19F2N/c1-12(14-6-5-13-3-2-4-15(13)9-14)21-11-16-7-8-17(19)10-18(16)20/h5-10,12,21H,2-4,11H2,1H3. The number of hydrogen-bond acceptors (Lipinski definition) is 1. The van der Waals surface area contributed by atoms with Crippen LogP contribution in [-0.2, 0) is 19.4 Å². The van der Waals surface area contributed by atoms with Crippen molar-refractivity contribution in [2.45, 2.75) is 38.8 Å². The van der Waals surface area contributed by atoms with Gasteiger partial charge in [0.1, 0.15) is 11.6 Å². The molecule has 0 aromatic heterocycles. The second kappa shape index (κ2) is 5.94. The van der Waals surface area contributed by atoms with Crippen molar-refractivity contribution in [3.05, 3.63) is 70.3 Å². The molecule has 0 radical (unpaired) electrons. The highest BCUT2D eigenvalue weighted by molar-refractivity contribution is 5.36. The summed E-state index contributed by atoms with van der Waals surface area (Å²) in [4.78, 5) is 0. The second-order valence-corrected chi connectivity index (χ2v) is 5.72. The molecule has 0 saturated carbocycles. The maximum Gasteiger partial charge on any atom is 0.130 e. The van der Waals surface area contributed by atoms with Gasteiger partial charge in [0.15, 0.2) is 0 Å². The van der Waals surface area contributed by atoms with E-state index >= 15 is 0 Å². The van der Waals surface area contributed by atoms with Crippen LogP contribution in [0.15, 0.2) is 36.4 Å². The van der Waals surface area contributed by atoms with E-state index in [1.54, 1.807) is 0 Å². The first-order chi connectivity index (χ1) is 10.1. The van der Waals surface area contributed by atoms with Crippen molar-refractivity contribution in [1.29, 1.82) is 0 Å². The van der Waals surface area contributed by atoms with Crippen LogP contribution in [0.2, 0.25) is 0 Å². The van der Waals surface area contributed by atoms with Gasteiger partial charge in [-0.05, 0) is 48.9 Å². The van der Waals surface area contributed by atoms with Crippen LogP contribution < -0.4 is 5.32 Å². The highest BCUT2D eigenvalue weighted by Gasteiger charge is 2.13. The van der Waals surface area contributed by atoms with E-state index in [1.807, 2.05) is 0 Å². The lowest BCUT2D eigenvalue weighted by molar-refractivity contribution is 0.533. The lowest BCUT2D eigenvalue weighted by Gasteiger charge is -2.16. The van der Waals surface area contributed by atoms with Gasteiger partial charge in [-0.2, -0.15) is 0 Å². The molecule has 2 aromatic carbocycles. The van der Waals surface area contributed by atoms with Crippen LogP contribution in [0.5, 0.6) is 0 Å². The van der Waals surface area contributed by atoms with Crippen molar-refractivity contribution in [2.75, 3.05) is 0 Å². The summed E-state index contributed by atoms with van der Waals surface area (Å²) in [6.45, 7) is 2.46. The smallest absolute Gasteiger partial charge is 0.130 e. The highest BCUT2D eigenvalue weighted by Crippen LogP contribution is 2.25. The Bertz CT molecular complexity index is 652. The second-order valence-electron chi connectivity index (χ2n) is 5.72. The predicted octanol–water partition coefficient (Wildman–Crippen LogP) is 4.30. The summed E-state index contributed by atoms with van der Waals surface area (Å²) in [6.07, 6.45) is 3.57. The van der Waals surface area contributed by atoms with Gasteiger partial charge >= 0.3 is 0 Å². The fraction of sp³-hybridized carbons (Fsp3) is 0.333. The van der Waals surface area contributed by atoms with E-state index in [1.165, 1.54) is 41.7 Å². The zero-order valence-corrected chi connectivity index (χ0v) is 12.1. The molecular formula is C18H19F2N. The SMILES string of the molecule is CC(NCc1ccc(F)cc1F)c1ccc2c(c1)CCC2. The van der Waals surface area contributed by atoms with Crippen LogP contribution in [0, 0.1) is 11.6 Å². The van der Waals surface area contributed by atoms with Gasteiger partial charge in [0.25, 0.3) is 0 Å². The highest BCUT2D eigenvalue weighted by atomic mass is 19.1. The molecule has 0 spiro atoms. The van der Waals surface area contributed by atoms with Gasteiger partial charge in [0.2, 0.25) is 0 Å². The third-order valence-electron chi connectivity index (χ3n) is 4.24. The monoisotopic (exact) mass is 287 g/mol. The summed E-state index contributed by atoms with van der Waals surface area (Å²) in [5.41, 5.74) is 4.60. The molecule has 0 saturated heterocycles. The molecule has 3 rings (SSSR count). The number of halogens is 2. The Hall–Kier alpha value is -1.74.